The first-order valence-corrected chi connectivity index (χ1v) is 6.81. The Bertz CT molecular complexity index is 576. The molecule has 1 heterocycles. The number of nitrogens with zero attached hydrogens (tertiary/aromatic N) is 3. The SMILES string of the molecule is CCCc1nc(N)nc(C2(c3ccccc3)CC2)n1. The average molecular weight is 254 g/mol. The largest absolute Gasteiger partial charge is 0.368 e. The van der Waals surface area contributed by atoms with Gasteiger partial charge in [0.15, 0.2) is 0 Å². The van der Waals surface area contributed by atoms with Gasteiger partial charge in [-0.3, -0.25) is 0 Å². The Morgan fingerprint density at radius 1 is 1.11 bits per heavy atom. The highest BCUT2D eigenvalue weighted by Gasteiger charge is 2.48. The van der Waals surface area contributed by atoms with Crippen LogP contribution in [0.15, 0.2) is 30.3 Å². The molecule has 98 valence electrons. The van der Waals surface area contributed by atoms with Gasteiger partial charge in [0.2, 0.25) is 5.95 Å². The van der Waals surface area contributed by atoms with Crippen LogP contribution in [0.5, 0.6) is 0 Å². The average Bonchev–Trinajstić information content (AvgIpc) is 3.21. The third-order valence-corrected chi connectivity index (χ3v) is 3.68. The van der Waals surface area contributed by atoms with Gasteiger partial charge in [-0.15, -0.1) is 0 Å². The molecule has 0 unspecified atom stereocenters. The Balaban J connectivity index is 2.02. The van der Waals surface area contributed by atoms with Gasteiger partial charge < -0.3 is 5.73 Å². The Morgan fingerprint density at radius 3 is 2.47 bits per heavy atom. The van der Waals surface area contributed by atoms with Crippen molar-refractivity contribution in [3.05, 3.63) is 47.5 Å². The molecule has 1 aliphatic carbocycles. The number of aromatic nitrogens is 3. The molecule has 4 heteroatoms. The summed E-state index contributed by atoms with van der Waals surface area (Å²) in [6.45, 7) is 2.11. The van der Waals surface area contributed by atoms with E-state index in [0.717, 1.165) is 37.3 Å². The van der Waals surface area contributed by atoms with Crippen LogP contribution in [0.25, 0.3) is 0 Å². The Hall–Kier alpha value is -1.97. The topological polar surface area (TPSA) is 64.7 Å². The van der Waals surface area contributed by atoms with Crippen LogP contribution in [0, 0.1) is 0 Å². The molecule has 3 rings (SSSR count). The van der Waals surface area contributed by atoms with Crippen LogP contribution in [-0.4, -0.2) is 15.0 Å². The smallest absolute Gasteiger partial charge is 0.223 e. The zero-order valence-corrected chi connectivity index (χ0v) is 11.1. The van der Waals surface area contributed by atoms with Crippen LogP contribution < -0.4 is 5.73 Å². The van der Waals surface area contributed by atoms with E-state index in [1.807, 2.05) is 6.07 Å². The first-order chi connectivity index (χ1) is 9.24. The van der Waals surface area contributed by atoms with Crippen molar-refractivity contribution in [1.82, 2.24) is 15.0 Å². The molecule has 1 saturated carbocycles. The molecule has 0 radical (unpaired) electrons. The maximum Gasteiger partial charge on any atom is 0.223 e. The highest BCUT2D eigenvalue weighted by atomic mass is 15.1. The Labute approximate surface area is 113 Å². The van der Waals surface area contributed by atoms with Crippen molar-refractivity contribution in [3.8, 4) is 0 Å². The lowest BCUT2D eigenvalue weighted by Crippen LogP contribution is -2.17. The van der Waals surface area contributed by atoms with Gasteiger partial charge in [0.25, 0.3) is 0 Å². The molecule has 4 nitrogen and oxygen atoms in total. The fourth-order valence-electron chi connectivity index (χ4n) is 2.51. The van der Waals surface area contributed by atoms with Crippen molar-refractivity contribution in [2.75, 3.05) is 5.73 Å². The summed E-state index contributed by atoms with van der Waals surface area (Å²) in [4.78, 5) is 13.2. The van der Waals surface area contributed by atoms with E-state index in [-0.39, 0.29) is 5.41 Å². The summed E-state index contributed by atoms with van der Waals surface area (Å²) in [5.41, 5.74) is 7.08. The maximum atomic E-state index is 5.83. The predicted molar refractivity (Wildman–Crippen MR) is 74.7 cm³/mol. The minimum atomic E-state index is -0.0270. The van der Waals surface area contributed by atoms with E-state index in [1.54, 1.807) is 0 Å². The molecule has 0 spiro atoms. The molecular formula is C15H18N4. The fraction of sp³-hybridized carbons (Fsp3) is 0.400. The van der Waals surface area contributed by atoms with Crippen molar-refractivity contribution in [2.24, 2.45) is 0 Å². The third-order valence-electron chi connectivity index (χ3n) is 3.68. The van der Waals surface area contributed by atoms with Crippen molar-refractivity contribution in [1.29, 1.82) is 0 Å². The van der Waals surface area contributed by atoms with Crippen molar-refractivity contribution >= 4 is 5.95 Å². The minimum Gasteiger partial charge on any atom is -0.368 e. The first-order valence-electron chi connectivity index (χ1n) is 6.81. The highest BCUT2D eigenvalue weighted by molar-refractivity contribution is 5.40. The number of nitrogen functional groups attached to an aromatic ring is 1. The Morgan fingerprint density at radius 2 is 1.84 bits per heavy atom. The molecule has 1 fully saturated rings. The number of aryl methyl sites for hydroxylation is 1. The predicted octanol–water partition coefficient (Wildman–Crippen LogP) is 2.49. The summed E-state index contributed by atoms with van der Waals surface area (Å²) in [5, 5.41) is 0. The summed E-state index contributed by atoms with van der Waals surface area (Å²) in [7, 11) is 0. The van der Waals surface area contributed by atoms with Gasteiger partial charge in [-0.25, -0.2) is 4.98 Å². The second-order valence-corrected chi connectivity index (χ2v) is 5.13. The molecule has 0 bridgehead atoms. The number of hydrogen-bond acceptors (Lipinski definition) is 4. The van der Waals surface area contributed by atoms with Crippen LogP contribution in [0.4, 0.5) is 5.95 Å². The second kappa shape index (κ2) is 4.61. The molecule has 1 aromatic carbocycles. The fourth-order valence-corrected chi connectivity index (χ4v) is 2.51. The summed E-state index contributed by atoms with van der Waals surface area (Å²) in [6.07, 6.45) is 4.05. The lowest BCUT2D eigenvalue weighted by molar-refractivity contribution is 0.710. The highest BCUT2D eigenvalue weighted by Crippen LogP contribution is 2.52. The molecule has 19 heavy (non-hydrogen) atoms. The number of benzene rings is 1. The van der Waals surface area contributed by atoms with Crippen LogP contribution in [-0.2, 0) is 11.8 Å². The van der Waals surface area contributed by atoms with Gasteiger partial charge in [0.05, 0.1) is 5.41 Å². The van der Waals surface area contributed by atoms with Crippen LogP contribution in [0.1, 0.15) is 43.4 Å². The van der Waals surface area contributed by atoms with Crippen LogP contribution in [0.3, 0.4) is 0 Å². The normalized spacial score (nSPS) is 16.3. The van der Waals surface area contributed by atoms with Gasteiger partial charge in [0, 0.05) is 6.42 Å². The zero-order valence-electron chi connectivity index (χ0n) is 11.1. The molecule has 2 aromatic rings. The maximum absolute atomic E-state index is 5.83. The lowest BCUT2D eigenvalue weighted by Gasteiger charge is -2.15. The summed E-state index contributed by atoms with van der Waals surface area (Å²) < 4.78 is 0. The lowest BCUT2D eigenvalue weighted by atomic mass is 9.95. The van der Waals surface area contributed by atoms with E-state index < -0.39 is 0 Å². The summed E-state index contributed by atoms with van der Waals surface area (Å²) >= 11 is 0. The van der Waals surface area contributed by atoms with Crippen LogP contribution in [0.2, 0.25) is 0 Å². The van der Waals surface area contributed by atoms with E-state index in [4.69, 9.17) is 5.73 Å². The van der Waals surface area contributed by atoms with Crippen molar-refractivity contribution < 1.29 is 0 Å². The van der Waals surface area contributed by atoms with E-state index in [2.05, 4.69) is 46.1 Å². The van der Waals surface area contributed by atoms with Gasteiger partial charge >= 0.3 is 0 Å². The van der Waals surface area contributed by atoms with E-state index >= 15 is 0 Å². The van der Waals surface area contributed by atoms with E-state index in [9.17, 15) is 0 Å². The molecular weight excluding hydrogens is 236 g/mol. The Kier molecular flexibility index (Phi) is 2.93. The first kappa shape index (κ1) is 12.1. The van der Waals surface area contributed by atoms with Crippen molar-refractivity contribution in [2.45, 2.75) is 38.0 Å². The summed E-state index contributed by atoms with van der Waals surface area (Å²) in [5.74, 6) is 2.00. The van der Waals surface area contributed by atoms with Gasteiger partial charge in [-0.1, -0.05) is 37.3 Å². The monoisotopic (exact) mass is 254 g/mol. The quantitative estimate of drug-likeness (QED) is 0.910. The molecule has 1 aliphatic rings. The molecule has 1 aromatic heterocycles. The van der Waals surface area contributed by atoms with Gasteiger partial charge in [-0.2, -0.15) is 9.97 Å². The van der Waals surface area contributed by atoms with Gasteiger partial charge in [0.1, 0.15) is 11.6 Å². The number of rotatable bonds is 4. The zero-order chi connectivity index (χ0) is 13.3. The van der Waals surface area contributed by atoms with Crippen molar-refractivity contribution in [3.63, 3.8) is 0 Å². The van der Waals surface area contributed by atoms with Gasteiger partial charge in [-0.05, 0) is 24.8 Å². The molecule has 0 saturated heterocycles. The molecule has 2 N–H and O–H groups in total. The third kappa shape index (κ3) is 2.18. The van der Waals surface area contributed by atoms with E-state index in [1.165, 1.54) is 5.56 Å². The number of nitrogens with two attached hydrogens (primary N) is 1. The van der Waals surface area contributed by atoms with E-state index in [0.29, 0.717) is 5.95 Å². The van der Waals surface area contributed by atoms with Crippen LogP contribution >= 0.6 is 0 Å². The number of anilines is 1. The standard InChI is InChI=1S/C15H18N4/c1-2-6-12-17-13(19-14(16)18-12)15(9-10-15)11-7-4-3-5-8-11/h3-5,7-8H,2,6,9-10H2,1H3,(H2,16,17,18,19). The minimum absolute atomic E-state index is 0.0270. The molecule has 0 aliphatic heterocycles. The molecule has 0 atom stereocenters. The second-order valence-electron chi connectivity index (χ2n) is 5.13. The number of hydrogen-bond donors (Lipinski definition) is 1. The summed E-state index contributed by atoms with van der Waals surface area (Å²) in [6, 6.07) is 10.4. The molecule has 0 amide bonds.